The van der Waals surface area contributed by atoms with E-state index in [1.165, 1.54) is 0 Å². The van der Waals surface area contributed by atoms with E-state index < -0.39 is 54.5 Å². The van der Waals surface area contributed by atoms with Gasteiger partial charge in [-0.05, 0) is 19.4 Å². The third-order valence-corrected chi connectivity index (χ3v) is 2.71. The molecule has 3 atom stereocenters. The van der Waals surface area contributed by atoms with Gasteiger partial charge in [0.15, 0.2) is 0 Å². The number of hydrogen-bond acceptors (Lipinski definition) is 11. The maximum absolute atomic E-state index is 10.1. The van der Waals surface area contributed by atoms with Crippen molar-refractivity contribution in [2.45, 2.75) is 43.8 Å². The first-order valence-electron chi connectivity index (χ1n) is 8.63. The molecule has 3 unspecified atom stereocenters. The highest BCUT2D eigenvalue weighted by Gasteiger charge is 2.13. The van der Waals surface area contributed by atoms with Crippen molar-refractivity contribution in [1.29, 1.82) is 0 Å². The fourth-order valence-corrected chi connectivity index (χ4v) is 1.01. The highest BCUT2D eigenvalue weighted by molar-refractivity contribution is 5.83. The number of unbranched alkanes of at least 4 members (excludes halogenated alkanes) is 1. The van der Waals surface area contributed by atoms with Crippen LogP contribution in [0.15, 0.2) is 0 Å². The second-order valence-corrected chi connectivity index (χ2v) is 5.57. The molecule has 1 amide bonds. The molecule has 0 aromatic carbocycles. The fraction of sp³-hybridized carbons (Fsp3) is 0.667. The maximum Gasteiger partial charge on any atom is 0.322 e. The number of aliphatic hydroxyl groups is 1. The van der Waals surface area contributed by atoms with Crippen LogP contribution in [0.5, 0.6) is 0 Å². The number of aliphatic hydroxyl groups excluding tert-OH is 1. The van der Waals surface area contributed by atoms with E-state index in [2.05, 4.69) is 11.5 Å². The molecule has 0 aromatic rings. The van der Waals surface area contributed by atoms with Crippen LogP contribution < -0.4 is 34.4 Å². The molecular weight excluding hydrogens is 424 g/mol. The van der Waals surface area contributed by atoms with Crippen molar-refractivity contribution in [2.75, 3.05) is 19.7 Å². The minimum Gasteiger partial charge on any atom is -0.480 e. The summed E-state index contributed by atoms with van der Waals surface area (Å²) < 4.78 is 0. The Morgan fingerprint density at radius 2 is 1.10 bits per heavy atom. The lowest BCUT2D eigenvalue weighted by Gasteiger charge is -2.03. The molecule has 0 aliphatic heterocycles. The summed E-state index contributed by atoms with van der Waals surface area (Å²) in [7, 11) is 0. The van der Waals surface area contributed by atoms with Gasteiger partial charge >= 0.3 is 23.9 Å². The lowest BCUT2D eigenvalue weighted by Crippen LogP contribution is -2.34. The van der Waals surface area contributed by atoms with Gasteiger partial charge in [0.1, 0.15) is 18.1 Å². The summed E-state index contributed by atoms with van der Waals surface area (Å²) in [4.78, 5) is 48.9. The van der Waals surface area contributed by atoms with Crippen LogP contribution in [0.1, 0.15) is 25.7 Å². The number of rotatable bonds is 11. The number of primary amides is 1. The lowest BCUT2D eigenvalue weighted by atomic mass is 10.1. The zero-order chi connectivity index (χ0) is 25.6. The molecule has 0 radical (unpaired) electrons. The Balaban J connectivity index is -0.000000161. The first kappa shape index (κ1) is 35.5. The second kappa shape index (κ2) is 23.4. The predicted octanol–water partition coefficient (Wildman–Crippen LogP) is -4.78. The van der Waals surface area contributed by atoms with Gasteiger partial charge in [-0.25, -0.2) is 0 Å². The average molecular weight is 458 g/mol. The number of carboxylic acid groups (broad SMARTS) is 4. The molecule has 0 saturated heterocycles. The number of carbonyl (C=O) groups excluding carboxylic acids is 1. The molecule has 0 rings (SSSR count). The first-order valence-corrected chi connectivity index (χ1v) is 8.63. The SMILES string of the molecule is NC(=O)CC(N)C(=O)O.NC(CO)C(=O)O.NCC(=O)O.NCCCCC(N)C(=O)O. The molecule has 184 valence electrons. The number of amides is 1. The topological polar surface area (TPSA) is 343 Å². The van der Waals surface area contributed by atoms with Gasteiger partial charge < -0.3 is 59.9 Å². The van der Waals surface area contributed by atoms with Crippen molar-refractivity contribution < 1.29 is 49.5 Å². The summed E-state index contributed by atoms with van der Waals surface area (Å²) in [6.45, 7) is -0.179. The number of carbonyl (C=O) groups is 5. The maximum atomic E-state index is 10.1. The Bertz CT molecular complexity index is 534. The van der Waals surface area contributed by atoms with Crippen LogP contribution in [0.4, 0.5) is 0 Å². The Hall–Kier alpha value is -2.89. The van der Waals surface area contributed by atoms with Gasteiger partial charge in [-0.3, -0.25) is 24.0 Å². The molecule has 17 N–H and O–H groups in total. The Morgan fingerprint density at radius 1 is 0.710 bits per heavy atom. The van der Waals surface area contributed by atoms with Crippen LogP contribution in [-0.2, 0) is 24.0 Å². The monoisotopic (exact) mass is 458 g/mol. The predicted molar refractivity (Wildman–Crippen MR) is 107 cm³/mol. The standard InChI is InChI=1S/C6H14N2O2.C4H8N2O3.C3H7NO3.C2H5NO2/c7-4-2-1-3-5(8)6(9)10;5-2(4(8)9)1-3(6)7;4-2(1-5)3(6)7;3-1-2(4)5/h5H,1-4,7-8H2,(H,9,10);2H,1,5H2,(H2,6,7)(H,8,9);2,5H,1,4H2,(H,6,7);1,3H2,(H,4,5). The van der Waals surface area contributed by atoms with E-state index in [1.807, 2.05) is 0 Å². The third kappa shape index (κ3) is 35.0. The average Bonchev–Trinajstić information content (AvgIpc) is 2.68. The van der Waals surface area contributed by atoms with Crippen LogP contribution in [0.2, 0.25) is 0 Å². The first-order chi connectivity index (χ1) is 14.2. The number of hydrogen-bond donors (Lipinski definition) is 11. The normalized spacial score (nSPS) is 12.1. The molecule has 16 heteroatoms. The molecule has 0 bridgehead atoms. The number of aliphatic carboxylic acids is 4. The van der Waals surface area contributed by atoms with E-state index in [4.69, 9.17) is 48.5 Å². The second-order valence-electron chi connectivity index (χ2n) is 5.57. The quantitative estimate of drug-likeness (QED) is 0.129. The van der Waals surface area contributed by atoms with Gasteiger partial charge in [-0.2, -0.15) is 0 Å². The summed E-state index contributed by atoms with van der Waals surface area (Å²) in [6, 6.07) is -3.01. The van der Waals surface area contributed by atoms with E-state index in [0.29, 0.717) is 13.0 Å². The molecule has 0 fully saturated rings. The summed E-state index contributed by atoms with van der Waals surface area (Å²) in [6.07, 6.45) is 1.85. The van der Waals surface area contributed by atoms with Crippen molar-refractivity contribution in [3.05, 3.63) is 0 Å². The van der Waals surface area contributed by atoms with Gasteiger partial charge in [0.25, 0.3) is 0 Å². The Labute approximate surface area is 178 Å². The van der Waals surface area contributed by atoms with Crippen LogP contribution in [0.3, 0.4) is 0 Å². The van der Waals surface area contributed by atoms with E-state index in [0.717, 1.165) is 12.8 Å². The van der Waals surface area contributed by atoms with Crippen LogP contribution in [0.25, 0.3) is 0 Å². The minimum absolute atomic E-state index is 0.278. The van der Waals surface area contributed by atoms with Crippen LogP contribution in [0, 0.1) is 0 Å². The molecular formula is C15H34N6O10. The zero-order valence-corrected chi connectivity index (χ0v) is 16.9. The largest absolute Gasteiger partial charge is 0.480 e. The molecule has 0 spiro atoms. The molecule has 0 saturated carbocycles. The molecule has 0 heterocycles. The van der Waals surface area contributed by atoms with Gasteiger partial charge in [0.05, 0.1) is 19.6 Å². The summed E-state index contributed by atoms with van der Waals surface area (Å²) in [5.74, 6) is -5.00. The van der Waals surface area contributed by atoms with Gasteiger partial charge in [-0.1, -0.05) is 6.42 Å². The van der Waals surface area contributed by atoms with Gasteiger partial charge in [-0.15, -0.1) is 0 Å². The number of nitrogens with two attached hydrogens (primary N) is 6. The van der Waals surface area contributed by atoms with Gasteiger partial charge in [0.2, 0.25) is 5.91 Å². The molecule has 0 aromatic heterocycles. The van der Waals surface area contributed by atoms with E-state index in [-0.39, 0.29) is 13.0 Å². The van der Waals surface area contributed by atoms with Gasteiger partial charge in [0, 0.05) is 0 Å². The number of carboxylic acids is 4. The Kier molecular flexibility index (Phi) is 26.8. The Morgan fingerprint density at radius 3 is 1.26 bits per heavy atom. The van der Waals surface area contributed by atoms with E-state index in [9.17, 15) is 24.0 Å². The zero-order valence-electron chi connectivity index (χ0n) is 16.9. The summed E-state index contributed by atoms with van der Waals surface area (Å²) >= 11 is 0. The highest BCUT2D eigenvalue weighted by atomic mass is 16.4. The molecule has 31 heavy (non-hydrogen) atoms. The highest BCUT2D eigenvalue weighted by Crippen LogP contribution is 1.97. The molecule has 0 aliphatic rings. The third-order valence-electron chi connectivity index (χ3n) is 2.71. The minimum atomic E-state index is -1.21. The fourth-order valence-electron chi connectivity index (χ4n) is 1.01. The lowest BCUT2D eigenvalue weighted by molar-refractivity contribution is -0.140. The summed E-state index contributed by atoms with van der Waals surface area (Å²) in [5, 5.41) is 39.9. The van der Waals surface area contributed by atoms with Crippen molar-refractivity contribution in [3.63, 3.8) is 0 Å². The van der Waals surface area contributed by atoms with Crippen molar-refractivity contribution in [1.82, 2.24) is 0 Å². The summed E-state index contributed by atoms with van der Waals surface area (Å²) in [5.41, 5.74) is 29.3. The smallest absolute Gasteiger partial charge is 0.322 e. The van der Waals surface area contributed by atoms with Crippen LogP contribution in [-0.4, -0.2) is 93.1 Å². The van der Waals surface area contributed by atoms with E-state index in [1.54, 1.807) is 0 Å². The van der Waals surface area contributed by atoms with Crippen molar-refractivity contribution in [2.24, 2.45) is 34.4 Å². The van der Waals surface area contributed by atoms with Crippen molar-refractivity contribution in [3.8, 4) is 0 Å². The molecule has 0 aliphatic carbocycles. The molecule has 16 nitrogen and oxygen atoms in total. The van der Waals surface area contributed by atoms with E-state index >= 15 is 0 Å². The van der Waals surface area contributed by atoms with Crippen LogP contribution >= 0.6 is 0 Å². The van der Waals surface area contributed by atoms with Crippen molar-refractivity contribution >= 4 is 29.8 Å².